The molecule has 0 atom stereocenters. The van der Waals surface area contributed by atoms with Crippen LogP contribution in [0.2, 0.25) is 0 Å². The SMILES string of the molecule is CC(C)c1[nH]ncc1C(=O)OCC(=O)N1CCN(C(=O)COC(=O)c2cn[nH]c2C(C)C)CC1. The van der Waals surface area contributed by atoms with Crippen LogP contribution in [0.1, 0.15) is 71.6 Å². The van der Waals surface area contributed by atoms with Gasteiger partial charge in [0.25, 0.3) is 11.8 Å². The zero-order valence-corrected chi connectivity index (χ0v) is 19.8. The van der Waals surface area contributed by atoms with E-state index in [9.17, 15) is 19.2 Å². The van der Waals surface area contributed by atoms with Crippen LogP contribution in [0.15, 0.2) is 12.4 Å². The molecule has 0 unspecified atom stereocenters. The van der Waals surface area contributed by atoms with Crippen LogP contribution in [0.25, 0.3) is 0 Å². The Balaban J connectivity index is 1.41. The molecule has 2 N–H and O–H groups in total. The van der Waals surface area contributed by atoms with Gasteiger partial charge in [-0.2, -0.15) is 10.2 Å². The van der Waals surface area contributed by atoms with Crippen molar-refractivity contribution in [2.24, 2.45) is 0 Å². The number of carbonyl (C=O) groups excluding carboxylic acids is 4. The van der Waals surface area contributed by atoms with Crippen LogP contribution in [0.5, 0.6) is 0 Å². The van der Waals surface area contributed by atoms with Gasteiger partial charge in [0.15, 0.2) is 13.2 Å². The number of rotatable bonds is 8. The number of piperazine rings is 1. The highest BCUT2D eigenvalue weighted by Crippen LogP contribution is 2.18. The Morgan fingerprint density at radius 1 is 0.765 bits per heavy atom. The Bertz CT molecular complexity index is 952. The number of aromatic nitrogens is 4. The third kappa shape index (κ3) is 5.80. The molecule has 0 aliphatic carbocycles. The largest absolute Gasteiger partial charge is 0.452 e. The minimum Gasteiger partial charge on any atom is -0.452 e. The second-order valence-corrected chi connectivity index (χ2v) is 8.62. The number of nitrogens with one attached hydrogen (secondary N) is 2. The summed E-state index contributed by atoms with van der Waals surface area (Å²) in [5.74, 6) is -1.80. The molecular formula is C22H30N6O6. The zero-order valence-electron chi connectivity index (χ0n) is 19.8. The Morgan fingerprint density at radius 3 is 1.44 bits per heavy atom. The number of aromatic amines is 2. The van der Waals surface area contributed by atoms with E-state index in [1.807, 2.05) is 27.7 Å². The van der Waals surface area contributed by atoms with Crippen molar-refractivity contribution in [2.45, 2.75) is 39.5 Å². The number of nitrogens with zero attached hydrogens (tertiary/aromatic N) is 4. The van der Waals surface area contributed by atoms with Crippen LogP contribution in [0, 0.1) is 0 Å². The normalized spacial score (nSPS) is 13.9. The summed E-state index contributed by atoms with van der Waals surface area (Å²) in [6.07, 6.45) is 2.77. The summed E-state index contributed by atoms with van der Waals surface area (Å²) < 4.78 is 10.3. The number of ether oxygens (including phenoxy) is 2. The van der Waals surface area contributed by atoms with Crippen molar-refractivity contribution >= 4 is 23.8 Å². The Labute approximate surface area is 197 Å². The predicted molar refractivity (Wildman–Crippen MR) is 119 cm³/mol. The number of esters is 2. The number of hydrogen-bond acceptors (Lipinski definition) is 8. The minimum absolute atomic E-state index is 0.0579. The summed E-state index contributed by atoms with van der Waals surface area (Å²) in [4.78, 5) is 52.5. The first-order valence-electron chi connectivity index (χ1n) is 11.1. The van der Waals surface area contributed by atoms with Gasteiger partial charge >= 0.3 is 11.9 Å². The van der Waals surface area contributed by atoms with E-state index in [-0.39, 0.29) is 49.8 Å². The predicted octanol–water partition coefficient (Wildman–Crippen LogP) is 1.06. The van der Waals surface area contributed by atoms with Crippen LogP contribution >= 0.6 is 0 Å². The van der Waals surface area contributed by atoms with Gasteiger partial charge in [-0.15, -0.1) is 0 Å². The van der Waals surface area contributed by atoms with Crippen molar-refractivity contribution in [3.05, 3.63) is 34.9 Å². The van der Waals surface area contributed by atoms with Gasteiger partial charge in [0, 0.05) is 26.2 Å². The maximum atomic E-state index is 12.4. The molecule has 0 bridgehead atoms. The molecule has 2 aromatic heterocycles. The van der Waals surface area contributed by atoms with Crippen molar-refractivity contribution in [3.63, 3.8) is 0 Å². The van der Waals surface area contributed by atoms with Crippen molar-refractivity contribution in [1.82, 2.24) is 30.2 Å². The lowest BCUT2D eigenvalue weighted by Gasteiger charge is -2.34. The highest BCUT2D eigenvalue weighted by atomic mass is 16.5. The molecule has 1 saturated heterocycles. The van der Waals surface area contributed by atoms with E-state index in [1.54, 1.807) is 0 Å². The van der Waals surface area contributed by atoms with Crippen LogP contribution < -0.4 is 0 Å². The Kier molecular flexibility index (Phi) is 8.03. The maximum absolute atomic E-state index is 12.4. The van der Waals surface area contributed by atoms with Crippen LogP contribution in [-0.4, -0.2) is 93.3 Å². The minimum atomic E-state index is -0.611. The highest BCUT2D eigenvalue weighted by Gasteiger charge is 2.27. The topological polar surface area (TPSA) is 151 Å². The molecule has 184 valence electrons. The average molecular weight is 475 g/mol. The molecule has 0 saturated carbocycles. The number of hydrogen-bond donors (Lipinski definition) is 2. The van der Waals surface area contributed by atoms with Gasteiger partial charge in [-0.1, -0.05) is 27.7 Å². The zero-order chi connectivity index (χ0) is 24.8. The standard InChI is InChI=1S/C22H30N6O6/c1-13(2)19-15(9-23-25-19)21(31)33-11-17(29)27-5-7-28(8-6-27)18(30)12-34-22(32)16-10-24-26-20(16)14(3)4/h9-10,13-14H,5-8,11-12H2,1-4H3,(H,23,25)(H,24,26). The van der Waals surface area contributed by atoms with Gasteiger partial charge in [-0.3, -0.25) is 19.8 Å². The van der Waals surface area contributed by atoms with Gasteiger partial charge in [-0.05, 0) is 11.8 Å². The summed E-state index contributed by atoms with van der Waals surface area (Å²) in [7, 11) is 0. The molecule has 12 nitrogen and oxygen atoms in total. The Hall–Kier alpha value is -3.70. The lowest BCUT2D eigenvalue weighted by atomic mass is 10.1. The van der Waals surface area contributed by atoms with Crippen molar-refractivity contribution in [3.8, 4) is 0 Å². The summed E-state index contributed by atoms with van der Waals surface area (Å²) in [6.45, 7) is 8.03. The fourth-order valence-corrected chi connectivity index (χ4v) is 3.60. The first-order valence-corrected chi connectivity index (χ1v) is 11.1. The maximum Gasteiger partial charge on any atom is 0.342 e. The second kappa shape index (κ2) is 10.9. The molecule has 2 aromatic rings. The second-order valence-electron chi connectivity index (χ2n) is 8.62. The lowest BCUT2D eigenvalue weighted by Crippen LogP contribution is -2.52. The van der Waals surface area contributed by atoms with Gasteiger partial charge in [0.1, 0.15) is 11.1 Å². The molecule has 3 heterocycles. The smallest absolute Gasteiger partial charge is 0.342 e. The summed E-state index contributed by atoms with van der Waals surface area (Å²) in [5.41, 5.74) is 1.92. The highest BCUT2D eigenvalue weighted by molar-refractivity contribution is 5.93. The molecule has 3 rings (SSSR count). The average Bonchev–Trinajstić information content (AvgIpc) is 3.51. The summed E-state index contributed by atoms with van der Waals surface area (Å²) >= 11 is 0. The number of amides is 2. The van der Waals surface area contributed by atoms with E-state index in [0.29, 0.717) is 22.5 Å². The fraction of sp³-hybridized carbons (Fsp3) is 0.545. The van der Waals surface area contributed by atoms with Gasteiger partial charge in [-0.25, -0.2) is 9.59 Å². The molecule has 0 radical (unpaired) electrons. The molecule has 1 aliphatic rings. The first kappa shape index (κ1) is 24.9. The molecule has 0 spiro atoms. The molecular weight excluding hydrogens is 444 g/mol. The van der Waals surface area contributed by atoms with E-state index < -0.39 is 25.2 Å². The molecule has 34 heavy (non-hydrogen) atoms. The number of carbonyl (C=O) groups is 4. The molecule has 1 fully saturated rings. The van der Waals surface area contributed by atoms with Gasteiger partial charge in [0.05, 0.1) is 23.8 Å². The van der Waals surface area contributed by atoms with E-state index >= 15 is 0 Å². The quantitative estimate of drug-likeness (QED) is 0.539. The van der Waals surface area contributed by atoms with Crippen molar-refractivity contribution < 1.29 is 28.7 Å². The van der Waals surface area contributed by atoms with E-state index in [4.69, 9.17) is 9.47 Å². The van der Waals surface area contributed by atoms with Crippen molar-refractivity contribution in [2.75, 3.05) is 39.4 Å². The van der Waals surface area contributed by atoms with Crippen LogP contribution in [-0.2, 0) is 19.1 Å². The van der Waals surface area contributed by atoms with Crippen molar-refractivity contribution in [1.29, 1.82) is 0 Å². The molecule has 2 amide bonds. The van der Waals surface area contributed by atoms with E-state index in [1.165, 1.54) is 22.2 Å². The Morgan fingerprint density at radius 2 is 1.12 bits per heavy atom. The van der Waals surface area contributed by atoms with Gasteiger partial charge in [0.2, 0.25) is 0 Å². The fourth-order valence-electron chi connectivity index (χ4n) is 3.60. The summed E-state index contributed by atoms with van der Waals surface area (Å²) in [6, 6.07) is 0. The molecule has 12 heteroatoms. The summed E-state index contributed by atoms with van der Waals surface area (Å²) in [5, 5.41) is 13.3. The van der Waals surface area contributed by atoms with Crippen LogP contribution in [0.3, 0.4) is 0 Å². The van der Waals surface area contributed by atoms with E-state index in [0.717, 1.165) is 0 Å². The van der Waals surface area contributed by atoms with Crippen LogP contribution in [0.4, 0.5) is 0 Å². The molecule has 0 aromatic carbocycles. The lowest BCUT2D eigenvalue weighted by molar-refractivity contribution is -0.142. The monoisotopic (exact) mass is 474 g/mol. The van der Waals surface area contributed by atoms with Gasteiger partial charge < -0.3 is 19.3 Å². The number of H-pyrrole nitrogens is 2. The van der Waals surface area contributed by atoms with E-state index in [2.05, 4.69) is 20.4 Å². The molecule has 1 aliphatic heterocycles. The first-order chi connectivity index (χ1) is 16.2. The third-order valence-corrected chi connectivity index (χ3v) is 5.57. The third-order valence-electron chi connectivity index (χ3n) is 5.57.